The molecule has 0 fully saturated rings. The highest BCUT2D eigenvalue weighted by atomic mass is 16.6. The summed E-state index contributed by atoms with van der Waals surface area (Å²) in [5.74, 6) is 0.709. The number of rotatable bonds is 5. The highest BCUT2D eigenvalue weighted by molar-refractivity contribution is 5.98. The number of hydrogen-bond acceptors (Lipinski definition) is 5. The molecule has 2 rings (SSSR count). The summed E-state index contributed by atoms with van der Waals surface area (Å²) in [7, 11) is 2.96. The van der Waals surface area contributed by atoms with E-state index in [1.807, 2.05) is 24.3 Å². The van der Waals surface area contributed by atoms with E-state index in [1.165, 1.54) is 7.11 Å². The summed E-state index contributed by atoms with van der Waals surface area (Å²) in [6.07, 6.45) is 1.60. The lowest BCUT2D eigenvalue weighted by molar-refractivity contribution is 0.0538. The number of benzene rings is 1. The number of carbonyl (C=O) groups is 1. The van der Waals surface area contributed by atoms with Crippen LogP contribution in [0.1, 0.15) is 10.4 Å². The number of anilines is 2. The van der Waals surface area contributed by atoms with Crippen LogP contribution in [0.15, 0.2) is 42.6 Å². The fourth-order valence-electron chi connectivity index (χ4n) is 1.71. The van der Waals surface area contributed by atoms with Crippen LogP contribution in [-0.2, 0) is 4.84 Å². The SMILES string of the molecule is CONC(=O)c1cccnc1Nc1ccccc1OC. The van der Waals surface area contributed by atoms with Crippen molar-refractivity contribution in [1.82, 2.24) is 10.5 Å². The number of amides is 1. The second kappa shape index (κ2) is 6.53. The van der Waals surface area contributed by atoms with Gasteiger partial charge in [0, 0.05) is 6.20 Å². The van der Waals surface area contributed by atoms with Gasteiger partial charge in [-0.1, -0.05) is 12.1 Å². The van der Waals surface area contributed by atoms with Crippen molar-refractivity contribution in [1.29, 1.82) is 0 Å². The van der Waals surface area contributed by atoms with Gasteiger partial charge in [0.15, 0.2) is 0 Å². The Morgan fingerprint density at radius 3 is 2.70 bits per heavy atom. The molecule has 1 heterocycles. The molecule has 2 N–H and O–H groups in total. The van der Waals surface area contributed by atoms with Crippen LogP contribution in [0.4, 0.5) is 11.5 Å². The van der Waals surface area contributed by atoms with Crippen LogP contribution in [0, 0.1) is 0 Å². The van der Waals surface area contributed by atoms with Crippen molar-refractivity contribution in [3.63, 3.8) is 0 Å². The van der Waals surface area contributed by atoms with E-state index >= 15 is 0 Å². The number of aromatic nitrogens is 1. The minimum Gasteiger partial charge on any atom is -0.495 e. The predicted octanol–water partition coefficient (Wildman–Crippen LogP) is 2.12. The van der Waals surface area contributed by atoms with Crippen molar-refractivity contribution in [2.45, 2.75) is 0 Å². The maximum atomic E-state index is 11.9. The van der Waals surface area contributed by atoms with Gasteiger partial charge >= 0.3 is 0 Å². The molecule has 0 saturated heterocycles. The first-order chi connectivity index (χ1) is 9.76. The van der Waals surface area contributed by atoms with Crippen LogP contribution in [0.5, 0.6) is 5.75 Å². The third-order valence-electron chi connectivity index (χ3n) is 2.61. The molecule has 104 valence electrons. The molecule has 0 bridgehead atoms. The Kier molecular flexibility index (Phi) is 4.52. The van der Waals surface area contributed by atoms with Crippen LogP contribution in [0.25, 0.3) is 0 Å². The van der Waals surface area contributed by atoms with Gasteiger partial charge in [-0.2, -0.15) is 0 Å². The maximum Gasteiger partial charge on any atom is 0.278 e. The molecule has 0 unspecified atom stereocenters. The van der Waals surface area contributed by atoms with Crippen molar-refractivity contribution in [2.75, 3.05) is 19.5 Å². The first kappa shape index (κ1) is 13.8. The van der Waals surface area contributed by atoms with Crippen molar-refractivity contribution in [2.24, 2.45) is 0 Å². The molecular weight excluding hydrogens is 258 g/mol. The monoisotopic (exact) mass is 273 g/mol. The smallest absolute Gasteiger partial charge is 0.278 e. The summed E-state index contributed by atoms with van der Waals surface area (Å²) >= 11 is 0. The standard InChI is InChI=1S/C14H15N3O3/c1-19-12-8-4-3-7-11(12)16-13-10(6-5-9-15-13)14(18)17-20-2/h3-9H,1-2H3,(H,15,16)(H,17,18). The zero-order chi connectivity index (χ0) is 14.4. The number of methoxy groups -OCH3 is 1. The average molecular weight is 273 g/mol. The molecule has 6 heteroatoms. The summed E-state index contributed by atoms with van der Waals surface area (Å²) in [5.41, 5.74) is 3.36. The molecule has 1 amide bonds. The predicted molar refractivity (Wildman–Crippen MR) is 75.0 cm³/mol. The van der Waals surface area contributed by atoms with Gasteiger partial charge in [-0.25, -0.2) is 10.5 Å². The van der Waals surface area contributed by atoms with Crippen LogP contribution in [0.3, 0.4) is 0 Å². The summed E-state index contributed by atoms with van der Waals surface area (Å²) in [4.78, 5) is 20.7. The summed E-state index contributed by atoms with van der Waals surface area (Å²) in [6.45, 7) is 0. The molecule has 6 nitrogen and oxygen atoms in total. The van der Waals surface area contributed by atoms with Gasteiger partial charge in [0.25, 0.3) is 5.91 Å². The number of nitrogens with zero attached hydrogens (tertiary/aromatic N) is 1. The Bertz CT molecular complexity index is 602. The van der Waals surface area contributed by atoms with E-state index in [4.69, 9.17) is 4.74 Å². The van der Waals surface area contributed by atoms with Crippen molar-refractivity contribution >= 4 is 17.4 Å². The van der Waals surface area contributed by atoms with E-state index in [9.17, 15) is 4.79 Å². The Balaban J connectivity index is 2.32. The van der Waals surface area contributed by atoms with Crippen LogP contribution >= 0.6 is 0 Å². The zero-order valence-electron chi connectivity index (χ0n) is 11.2. The van der Waals surface area contributed by atoms with E-state index in [0.717, 1.165) is 5.69 Å². The molecule has 20 heavy (non-hydrogen) atoms. The molecule has 0 aliphatic carbocycles. The highest BCUT2D eigenvalue weighted by Gasteiger charge is 2.13. The quantitative estimate of drug-likeness (QED) is 0.816. The van der Waals surface area contributed by atoms with Crippen molar-refractivity contribution in [3.8, 4) is 5.75 Å². The number of hydrogen-bond donors (Lipinski definition) is 2. The van der Waals surface area contributed by atoms with E-state index in [1.54, 1.807) is 25.4 Å². The highest BCUT2D eigenvalue weighted by Crippen LogP contribution is 2.27. The largest absolute Gasteiger partial charge is 0.495 e. The molecule has 1 aromatic carbocycles. The maximum absolute atomic E-state index is 11.9. The second-order valence-electron chi connectivity index (χ2n) is 3.86. The van der Waals surface area contributed by atoms with E-state index in [-0.39, 0.29) is 5.91 Å². The third kappa shape index (κ3) is 3.04. The fraction of sp³-hybridized carbons (Fsp3) is 0.143. The van der Waals surface area contributed by atoms with Gasteiger partial charge in [-0.15, -0.1) is 0 Å². The minimum absolute atomic E-state index is 0.375. The molecule has 0 atom stereocenters. The summed E-state index contributed by atoms with van der Waals surface area (Å²) < 4.78 is 5.25. The van der Waals surface area contributed by atoms with E-state index < -0.39 is 0 Å². The number of pyridine rings is 1. The summed E-state index contributed by atoms with van der Waals surface area (Å²) in [6, 6.07) is 10.7. The molecule has 0 aliphatic heterocycles. The number of ether oxygens (including phenoxy) is 1. The fourth-order valence-corrected chi connectivity index (χ4v) is 1.71. The minimum atomic E-state index is -0.377. The molecule has 2 aromatic rings. The van der Waals surface area contributed by atoms with E-state index in [0.29, 0.717) is 17.1 Å². The number of hydroxylamine groups is 1. The molecule has 0 aliphatic rings. The molecule has 0 radical (unpaired) electrons. The molecule has 0 saturated carbocycles. The third-order valence-corrected chi connectivity index (χ3v) is 2.61. The lowest BCUT2D eigenvalue weighted by atomic mass is 10.2. The second-order valence-corrected chi connectivity index (χ2v) is 3.86. The van der Waals surface area contributed by atoms with Gasteiger partial charge in [0.2, 0.25) is 0 Å². The van der Waals surface area contributed by atoms with Gasteiger partial charge in [-0.05, 0) is 24.3 Å². The number of nitrogens with one attached hydrogen (secondary N) is 2. The Morgan fingerprint density at radius 2 is 1.95 bits per heavy atom. The Morgan fingerprint density at radius 1 is 1.15 bits per heavy atom. The lowest BCUT2D eigenvalue weighted by Gasteiger charge is -2.12. The van der Waals surface area contributed by atoms with Gasteiger partial charge in [0.1, 0.15) is 11.6 Å². The van der Waals surface area contributed by atoms with Crippen molar-refractivity contribution < 1.29 is 14.4 Å². The average Bonchev–Trinajstić information content (AvgIpc) is 2.48. The van der Waals surface area contributed by atoms with Crippen molar-refractivity contribution in [3.05, 3.63) is 48.2 Å². The molecule has 0 spiro atoms. The zero-order valence-corrected chi connectivity index (χ0v) is 11.2. The molecule has 1 aromatic heterocycles. The van der Waals surface area contributed by atoms with Crippen LogP contribution in [0.2, 0.25) is 0 Å². The van der Waals surface area contributed by atoms with E-state index in [2.05, 4.69) is 20.6 Å². The first-order valence-corrected chi connectivity index (χ1v) is 5.94. The van der Waals surface area contributed by atoms with Gasteiger partial charge in [0.05, 0.1) is 25.5 Å². The Labute approximate surface area is 116 Å². The summed E-state index contributed by atoms with van der Waals surface area (Å²) in [5, 5.41) is 3.08. The Hall–Kier alpha value is -2.60. The number of para-hydroxylation sites is 2. The lowest BCUT2D eigenvalue weighted by Crippen LogP contribution is -2.23. The normalized spacial score (nSPS) is 9.90. The van der Waals surface area contributed by atoms with Gasteiger partial charge < -0.3 is 10.1 Å². The van der Waals surface area contributed by atoms with Crippen LogP contribution in [-0.4, -0.2) is 25.1 Å². The topological polar surface area (TPSA) is 72.5 Å². The first-order valence-electron chi connectivity index (χ1n) is 5.94. The molecular formula is C14H15N3O3. The van der Waals surface area contributed by atoms with Crippen LogP contribution < -0.4 is 15.5 Å². The van der Waals surface area contributed by atoms with Gasteiger partial charge in [-0.3, -0.25) is 9.63 Å². The number of carbonyl (C=O) groups excluding carboxylic acids is 1.